The van der Waals surface area contributed by atoms with E-state index in [4.69, 9.17) is 0 Å². The molecule has 0 spiro atoms. The third-order valence-corrected chi connectivity index (χ3v) is 5.82. The molecule has 0 aromatic carbocycles. The Morgan fingerprint density at radius 1 is 1.04 bits per heavy atom. The number of amides is 1. The van der Waals surface area contributed by atoms with Crippen LogP contribution in [0.5, 0.6) is 0 Å². The van der Waals surface area contributed by atoms with Crippen molar-refractivity contribution < 1.29 is 4.79 Å². The Kier molecular flexibility index (Phi) is 5.65. The third-order valence-electron chi connectivity index (χ3n) is 5.82. The van der Waals surface area contributed by atoms with Gasteiger partial charge in [0, 0.05) is 51.1 Å². The summed E-state index contributed by atoms with van der Waals surface area (Å²) < 4.78 is 1.73. The fraction of sp³-hybridized carbons (Fsp3) is 0.600. The Morgan fingerprint density at radius 2 is 1.81 bits per heavy atom. The standard InChI is InChI=1S/C20H28N6O/c27-20(8-7-17-5-2-1-3-6-17)25-13-11-24(12-14-25)18-15-19(22-16-21-18)26-10-4-9-23-26/h4,9-10,15-17H,1-3,5-8,11-14H2. The van der Waals surface area contributed by atoms with Gasteiger partial charge in [-0.15, -0.1) is 0 Å². The van der Waals surface area contributed by atoms with Crippen molar-refractivity contribution in [1.82, 2.24) is 24.6 Å². The van der Waals surface area contributed by atoms with Gasteiger partial charge in [0.2, 0.25) is 5.91 Å². The van der Waals surface area contributed by atoms with Crippen LogP contribution in [0.15, 0.2) is 30.9 Å². The Bertz CT molecular complexity index is 733. The van der Waals surface area contributed by atoms with Crippen LogP contribution in [0.25, 0.3) is 5.82 Å². The zero-order valence-corrected chi connectivity index (χ0v) is 15.8. The van der Waals surface area contributed by atoms with Gasteiger partial charge >= 0.3 is 0 Å². The maximum absolute atomic E-state index is 12.6. The molecule has 0 bridgehead atoms. The molecule has 7 nitrogen and oxygen atoms in total. The van der Waals surface area contributed by atoms with Gasteiger partial charge in [-0.2, -0.15) is 5.10 Å². The molecule has 144 valence electrons. The smallest absolute Gasteiger partial charge is 0.222 e. The van der Waals surface area contributed by atoms with Gasteiger partial charge in [-0.05, 0) is 18.4 Å². The van der Waals surface area contributed by atoms with Crippen molar-refractivity contribution >= 4 is 11.7 Å². The first kappa shape index (κ1) is 17.9. The molecular weight excluding hydrogens is 340 g/mol. The number of anilines is 1. The molecule has 0 atom stereocenters. The number of nitrogens with zero attached hydrogens (tertiary/aromatic N) is 6. The molecule has 7 heteroatoms. The van der Waals surface area contributed by atoms with E-state index in [-0.39, 0.29) is 0 Å². The predicted molar refractivity (Wildman–Crippen MR) is 104 cm³/mol. The molecule has 0 N–H and O–H groups in total. The van der Waals surface area contributed by atoms with Gasteiger partial charge in [-0.25, -0.2) is 14.6 Å². The SMILES string of the molecule is O=C(CCC1CCCCC1)N1CCN(c2cc(-n3cccn3)ncn2)CC1. The first-order chi connectivity index (χ1) is 13.3. The minimum absolute atomic E-state index is 0.320. The van der Waals surface area contributed by atoms with E-state index in [0.717, 1.165) is 50.2 Å². The van der Waals surface area contributed by atoms with E-state index in [1.807, 2.05) is 23.2 Å². The molecule has 4 rings (SSSR count). The lowest BCUT2D eigenvalue weighted by molar-refractivity contribution is -0.131. The highest BCUT2D eigenvalue weighted by Crippen LogP contribution is 2.27. The zero-order valence-electron chi connectivity index (χ0n) is 15.8. The molecule has 1 aliphatic heterocycles. The van der Waals surface area contributed by atoms with Crippen molar-refractivity contribution in [3.63, 3.8) is 0 Å². The molecule has 2 fully saturated rings. The topological polar surface area (TPSA) is 67.2 Å². The Morgan fingerprint density at radius 3 is 2.56 bits per heavy atom. The summed E-state index contributed by atoms with van der Waals surface area (Å²) in [5.74, 6) is 2.74. The van der Waals surface area contributed by atoms with E-state index in [1.165, 1.54) is 32.1 Å². The number of hydrogen-bond donors (Lipinski definition) is 0. The van der Waals surface area contributed by atoms with Crippen LogP contribution >= 0.6 is 0 Å². The summed E-state index contributed by atoms with van der Waals surface area (Å²) in [6.45, 7) is 3.16. The van der Waals surface area contributed by atoms with E-state index in [2.05, 4.69) is 20.0 Å². The molecule has 2 aromatic heterocycles. The molecule has 1 aliphatic carbocycles. The van der Waals surface area contributed by atoms with Gasteiger partial charge in [0.1, 0.15) is 12.1 Å². The lowest BCUT2D eigenvalue weighted by Gasteiger charge is -2.35. The van der Waals surface area contributed by atoms with Crippen molar-refractivity contribution in [3.8, 4) is 5.82 Å². The first-order valence-corrected chi connectivity index (χ1v) is 10.1. The fourth-order valence-corrected chi connectivity index (χ4v) is 4.19. The van der Waals surface area contributed by atoms with Gasteiger partial charge in [0.15, 0.2) is 5.82 Å². The number of hydrogen-bond acceptors (Lipinski definition) is 5. The van der Waals surface area contributed by atoms with E-state index < -0.39 is 0 Å². The highest BCUT2D eigenvalue weighted by Gasteiger charge is 2.23. The maximum Gasteiger partial charge on any atom is 0.222 e. The molecule has 0 radical (unpaired) electrons. The van der Waals surface area contributed by atoms with Crippen molar-refractivity contribution in [2.24, 2.45) is 5.92 Å². The number of carbonyl (C=O) groups excluding carboxylic acids is 1. The second-order valence-corrected chi connectivity index (χ2v) is 7.60. The molecule has 0 unspecified atom stereocenters. The van der Waals surface area contributed by atoms with Gasteiger partial charge in [0.05, 0.1) is 0 Å². The minimum Gasteiger partial charge on any atom is -0.353 e. The van der Waals surface area contributed by atoms with Gasteiger partial charge in [-0.1, -0.05) is 32.1 Å². The minimum atomic E-state index is 0.320. The summed E-state index contributed by atoms with van der Waals surface area (Å²) >= 11 is 0. The third kappa shape index (κ3) is 4.46. The molecule has 1 saturated heterocycles. The van der Waals surface area contributed by atoms with Crippen LogP contribution in [0.1, 0.15) is 44.9 Å². The molecule has 27 heavy (non-hydrogen) atoms. The van der Waals surface area contributed by atoms with Crippen LogP contribution < -0.4 is 4.90 Å². The van der Waals surface area contributed by atoms with Crippen LogP contribution in [0, 0.1) is 5.92 Å². The monoisotopic (exact) mass is 368 g/mol. The average molecular weight is 368 g/mol. The number of piperazine rings is 1. The summed E-state index contributed by atoms with van der Waals surface area (Å²) in [5.41, 5.74) is 0. The van der Waals surface area contributed by atoms with E-state index in [9.17, 15) is 4.79 Å². The predicted octanol–water partition coefficient (Wildman–Crippen LogP) is 2.67. The highest BCUT2D eigenvalue weighted by atomic mass is 16.2. The second kappa shape index (κ2) is 8.50. The molecule has 1 amide bonds. The lowest BCUT2D eigenvalue weighted by atomic mass is 9.86. The number of aromatic nitrogens is 4. The Balaban J connectivity index is 1.28. The van der Waals surface area contributed by atoms with Crippen LogP contribution in [-0.4, -0.2) is 56.7 Å². The lowest BCUT2D eigenvalue weighted by Crippen LogP contribution is -2.49. The van der Waals surface area contributed by atoms with Crippen molar-refractivity contribution in [1.29, 1.82) is 0 Å². The molecule has 1 saturated carbocycles. The fourth-order valence-electron chi connectivity index (χ4n) is 4.19. The maximum atomic E-state index is 12.6. The second-order valence-electron chi connectivity index (χ2n) is 7.60. The largest absolute Gasteiger partial charge is 0.353 e. The molecule has 2 aromatic rings. The number of rotatable bonds is 5. The van der Waals surface area contributed by atoms with Crippen molar-refractivity contribution in [2.45, 2.75) is 44.9 Å². The summed E-state index contributed by atoms with van der Waals surface area (Å²) in [5, 5.41) is 4.22. The van der Waals surface area contributed by atoms with E-state index in [1.54, 1.807) is 17.2 Å². The summed E-state index contributed by atoms with van der Waals surface area (Å²) in [6, 6.07) is 3.83. The molecule has 2 aliphatic rings. The van der Waals surface area contributed by atoms with Crippen LogP contribution in [0.4, 0.5) is 5.82 Å². The first-order valence-electron chi connectivity index (χ1n) is 10.1. The molecular formula is C20H28N6O. The van der Waals surface area contributed by atoms with Crippen molar-refractivity contribution in [3.05, 3.63) is 30.9 Å². The summed E-state index contributed by atoms with van der Waals surface area (Å²) in [7, 11) is 0. The van der Waals surface area contributed by atoms with Gasteiger partial charge in [-0.3, -0.25) is 4.79 Å². The average Bonchev–Trinajstić information content (AvgIpc) is 3.28. The quantitative estimate of drug-likeness (QED) is 0.812. The van der Waals surface area contributed by atoms with Crippen LogP contribution in [0.2, 0.25) is 0 Å². The molecule has 3 heterocycles. The Labute approximate surface area is 160 Å². The van der Waals surface area contributed by atoms with Gasteiger partial charge < -0.3 is 9.80 Å². The Hall–Kier alpha value is -2.44. The van der Waals surface area contributed by atoms with E-state index >= 15 is 0 Å². The summed E-state index contributed by atoms with van der Waals surface area (Å²) in [6.07, 6.45) is 13.6. The van der Waals surface area contributed by atoms with E-state index in [0.29, 0.717) is 12.3 Å². The van der Waals surface area contributed by atoms with Crippen LogP contribution in [0.3, 0.4) is 0 Å². The van der Waals surface area contributed by atoms with Crippen LogP contribution in [-0.2, 0) is 4.79 Å². The van der Waals surface area contributed by atoms with Gasteiger partial charge in [0.25, 0.3) is 0 Å². The zero-order chi connectivity index (χ0) is 18.5. The van der Waals surface area contributed by atoms with Crippen molar-refractivity contribution in [2.75, 3.05) is 31.1 Å². The number of carbonyl (C=O) groups is 1. The summed E-state index contributed by atoms with van der Waals surface area (Å²) in [4.78, 5) is 25.5. The normalized spacial score (nSPS) is 18.7. The highest BCUT2D eigenvalue weighted by molar-refractivity contribution is 5.76.